The van der Waals surface area contributed by atoms with Gasteiger partial charge in [0.2, 0.25) is 10.0 Å². The minimum absolute atomic E-state index is 0.0139. The molecule has 1 atom stereocenters. The maximum Gasteiger partial charge on any atom is 0.269 e. The number of carbonyl (C=O) groups is 1. The van der Waals surface area contributed by atoms with Gasteiger partial charge in [-0.15, -0.1) is 0 Å². The number of nitrogens with one attached hydrogen (secondary N) is 2. The van der Waals surface area contributed by atoms with Crippen LogP contribution in [0.15, 0.2) is 69.0 Å². The monoisotopic (exact) mass is 498 g/mol. The van der Waals surface area contributed by atoms with E-state index in [-0.39, 0.29) is 16.5 Å². The summed E-state index contributed by atoms with van der Waals surface area (Å²) in [6, 6.07) is 13.0. The molecule has 0 aliphatic carbocycles. The van der Waals surface area contributed by atoms with Crippen LogP contribution in [0.5, 0.6) is 0 Å². The maximum absolute atomic E-state index is 12.7. The molecule has 2 aromatic carbocycles. The number of hydrazone groups is 1. The lowest BCUT2D eigenvalue weighted by atomic mass is 10.1. The van der Waals surface area contributed by atoms with E-state index in [4.69, 9.17) is 4.42 Å². The Morgan fingerprint density at radius 3 is 2.37 bits per heavy atom. The smallest absolute Gasteiger partial charge is 0.269 e. The van der Waals surface area contributed by atoms with E-state index in [0.717, 1.165) is 5.56 Å². The van der Waals surface area contributed by atoms with Gasteiger partial charge >= 0.3 is 0 Å². The molecule has 3 rings (SSSR count). The van der Waals surface area contributed by atoms with Crippen molar-refractivity contribution in [3.05, 3.63) is 81.6 Å². The second-order valence-corrected chi connectivity index (χ2v) is 10.1. The molecule has 1 amide bonds. The molecular weight excluding hydrogens is 472 g/mol. The van der Waals surface area contributed by atoms with Gasteiger partial charge in [0, 0.05) is 17.7 Å². The summed E-state index contributed by atoms with van der Waals surface area (Å²) < 4.78 is 33.5. The lowest BCUT2D eigenvalue weighted by Crippen LogP contribution is -2.48. The first-order valence-corrected chi connectivity index (χ1v) is 12.2. The van der Waals surface area contributed by atoms with Gasteiger partial charge in [0.1, 0.15) is 17.6 Å². The van der Waals surface area contributed by atoms with Crippen LogP contribution in [0, 0.1) is 29.9 Å². The van der Waals surface area contributed by atoms with Crippen LogP contribution in [0.4, 0.5) is 5.69 Å². The molecule has 0 radical (unpaired) electrons. The van der Waals surface area contributed by atoms with Crippen molar-refractivity contribution in [2.75, 3.05) is 0 Å². The van der Waals surface area contributed by atoms with Gasteiger partial charge in [-0.05, 0) is 55.7 Å². The molecule has 0 saturated heterocycles. The Morgan fingerprint density at radius 2 is 1.77 bits per heavy atom. The maximum atomic E-state index is 12.7. The highest BCUT2D eigenvalue weighted by Crippen LogP contribution is 2.28. The van der Waals surface area contributed by atoms with Crippen molar-refractivity contribution in [1.29, 1.82) is 0 Å². The van der Waals surface area contributed by atoms with Crippen LogP contribution in [-0.2, 0) is 14.8 Å². The van der Waals surface area contributed by atoms with Gasteiger partial charge < -0.3 is 4.42 Å². The molecule has 0 bridgehead atoms. The quantitative estimate of drug-likeness (QED) is 0.260. The molecule has 0 spiro atoms. The number of sulfonamides is 1. The Labute approximate surface area is 203 Å². The van der Waals surface area contributed by atoms with Gasteiger partial charge in [0.25, 0.3) is 11.6 Å². The Bertz CT molecular complexity index is 1360. The fourth-order valence-electron chi connectivity index (χ4n) is 3.28. The number of nitrogens with zero attached hydrogens (tertiary/aromatic N) is 2. The number of furan rings is 1. The minimum Gasteiger partial charge on any atom is -0.455 e. The van der Waals surface area contributed by atoms with Gasteiger partial charge in [-0.1, -0.05) is 31.5 Å². The fraction of sp³-hybridized carbons (Fsp3) is 0.250. The van der Waals surface area contributed by atoms with E-state index in [2.05, 4.69) is 15.2 Å². The first-order chi connectivity index (χ1) is 16.5. The van der Waals surface area contributed by atoms with Crippen molar-refractivity contribution >= 4 is 27.8 Å². The SMILES string of the molecule is Cc1ccc(S(=O)(=O)N[C@H](C(=O)N/N=C\c2ccc(-c3ccc([N+](=O)[O-])cc3C)o2)C(C)C)cc1. The van der Waals surface area contributed by atoms with E-state index in [1.165, 1.54) is 30.5 Å². The number of nitro benzene ring substituents is 1. The summed E-state index contributed by atoms with van der Waals surface area (Å²) in [5, 5.41) is 14.8. The molecule has 0 unspecified atom stereocenters. The average molecular weight is 499 g/mol. The molecule has 184 valence electrons. The summed E-state index contributed by atoms with van der Waals surface area (Å²) in [4.78, 5) is 23.2. The molecule has 0 aliphatic rings. The zero-order chi connectivity index (χ0) is 25.8. The molecule has 35 heavy (non-hydrogen) atoms. The van der Waals surface area contributed by atoms with Crippen LogP contribution in [0.1, 0.15) is 30.7 Å². The number of hydrogen-bond donors (Lipinski definition) is 2. The highest BCUT2D eigenvalue weighted by molar-refractivity contribution is 7.89. The Hall–Kier alpha value is -3.83. The fourth-order valence-corrected chi connectivity index (χ4v) is 4.62. The van der Waals surface area contributed by atoms with Crippen LogP contribution < -0.4 is 10.1 Å². The molecule has 10 nitrogen and oxygen atoms in total. The number of amides is 1. The van der Waals surface area contributed by atoms with Gasteiger partial charge in [-0.2, -0.15) is 9.82 Å². The summed E-state index contributed by atoms with van der Waals surface area (Å²) in [5.41, 5.74) is 4.61. The van der Waals surface area contributed by atoms with Crippen LogP contribution in [0.25, 0.3) is 11.3 Å². The molecule has 0 saturated carbocycles. The van der Waals surface area contributed by atoms with E-state index in [0.29, 0.717) is 22.6 Å². The highest BCUT2D eigenvalue weighted by atomic mass is 32.2. The van der Waals surface area contributed by atoms with Gasteiger partial charge in [0.05, 0.1) is 16.0 Å². The van der Waals surface area contributed by atoms with Gasteiger partial charge in [-0.25, -0.2) is 13.8 Å². The zero-order valence-electron chi connectivity index (χ0n) is 19.7. The zero-order valence-corrected chi connectivity index (χ0v) is 20.5. The van der Waals surface area contributed by atoms with E-state index in [9.17, 15) is 23.3 Å². The predicted octanol–water partition coefficient (Wildman–Crippen LogP) is 3.92. The van der Waals surface area contributed by atoms with Crippen molar-refractivity contribution in [2.24, 2.45) is 11.0 Å². The molecule has 11 heteroatoms. The first-order valence-electron chi connectivity index (χ1n) is 10.7. The minimum atomic E-state index is -3.91. The van der Waals surface area contributed by atoms with Gasteiger partial charge in [0.15, 0.2) is 0 Å². The van der Waals surface area contributed by atoms with E-state index >= 15 is 0 Å². The molecule has 3 aromatic rings. The molecule has 0 fully saturated rings. The van der Waals surface area contributed by atoms with Crippen LogP contribution >= 0.6 is 0 Å². The second kappa shape index (κ2) is 10.6. The lowest BCUT2D eigenvalue weighted by Gasteiger charge is -2.20. The Morgan fingerprint density at radius 1 is 1.09 bits per heavy atom. The number of non-ortho nitro benzene ring substituents is 1. The number of aryl methyl sites for hydroxylation is 2. The molecular formula is C24H26N4O6S. The van der Waals surface area contributed by atoms with E-state index < -0.39 is 26.9 Å². The van der Waals surface area contributed by atoms with Gasteiger partial charge in [-0.3, -0.25) is 14.9 Å². The normalized spacial score (nSPS) is 12.7. The van der Waals surface area contributed by atoms with Crippen molar-refractivity contribution in [3.8, 4) is 11.3 Å². The average Bonchev–Trinajstić information content (AvgIpc) is 3.26. The predicted molar refractivity (Wildman–Crippen MR) is 131 cm³/mol. The summed E-state index contributed by atoms with van der Waals surface area (Å²) in [6.07, 6.45) is 1.29. The number of benzene rings is 2. The van der Waals surface area contributed by atoms with Crippen LogP contribution in [0.2, 0.25) is 0 Å². The van der Waals surface area contributed by atoms with Crippen molar-refractivity contribution in [1.82, 2.24) is 10.1 Å². The largest absolute Gasteiger partial charge is 0.455 e. The van der Waals surface area contributed by atoms with Crippen molar-refractivity contribution in [2.45, 2.75) is 38.6 Å². The Kier molecular flexibility index (Phi) is 7.82. The molecule has 0 aliphatic heterocycles. The lowest BCUT2D eigenvalue weighted by molar-refractivity contribution is -0.384. The number of carbonyl (C=O) groups excluding carboxylic acids is 1. The Balaban J connectivity index is 1.68. The summed E-state index contributed by atoms with van der Waals surface area (Å²) >= 11 is 0. The summed E-state index contributed by atoms with van der Waals surface area (Å²) in [7, 11) is -3.91. The highest BCUT2D eigenvalue weighted by Gasteiger charge is 2.28. The third-order valence-corrected chi connectivity index (χ3v) is 6.70. The summed E-state index contributed by atoms with van der Waals surface area (Å²) in [5.74, 6) is -0.147. The standard InChI is InChI=1S/C24H26N4O6S/c1-15(2)23(27-35(32,33)20-9-5-16(3)6-10-20)24(29)26-25-14-19-8-12-22(34-19)21-11-7-18(28(30)31)13-17(21)4/h5-15,23,27H,1-4H3,(H,26,29)/b25-14-/t23-/m0/s1. The summed E-state index contributed by atoms with van der Waals surface area (Å²) in [6.45, 7) is 7.03. The third-order valence-electron chi connectivity index (χ3n) is 5.24. The van der Waals surface area contributed by atoms with Crippen LogP contribution in [0.3, 0.4) is 0 Å². The number of nitro groups is 1. The van der Waals surface area contributed by atoms with E-state index in [1.807, 2.05) is 6.92 Å². The third kappa shape index (κ3) is 6.40. The van der Waals surface area contributed by atoms with Crippen molar-refractivity contribution < 1.29 is 22.6 Å². The van der Waals surface area contributed by atoms with E-state index in [1.54, 1.807) is 51.1 Å². The first kappa shape index (κ1) is 25.8. The second-order valence-electron chi connectivity index (χ2n) is 8.35. The number of hydrogen-bond acceptors (Lipinski definition) is 7. The topological polar surface area (TPSA) is 144 Å². The molecule has 2 N–H and O–H groups in total. The van der Waals surface area contributed by atoms with Crippen molar-refractivity contribution in [3.63, 3.8) is 0 Å². The number of rotatable bonds is 9. The molecule has 1 aromatic heterocycles. The van der Waals surface area contributed by atoms with Crippen LogP contribution in [-0.4, -0.2) is 31.5 Å². The molecule has 1 heterocycles.